The molecule has 6 nitrogen and oxygen atoms in total. The normalized spacial score (nSPS) is 11.2. The van der Waals surface area contributed by atoms with Crippen molar-refractivity contribution in [3.63, 3.8) is 0 Å². The molecule has 0 atom stereocenters. The molecule has 0 aromatic rings. The number of nitrogens with zero attached hydrogens (tertiary/aromatic N) is 1. The zero-order chi connectivity index (χ0) is 12.4. The summed E-state index contributed by atoms with van der Waals surface area (Å²) in [4.78, 5) is 11.2. The number of unbranched alkanes of at least 4 members (excludes halogenated alkanes) is 1. The van der Waals surface area contributed by atoms with Crippen LogP contribution in [0.5, 0.6) is 0 Å². The van der Waals surface area contributed by atoms with Crippen molar-refractivity contribution >= 4 is 5.97 Å². The standard InChI is InChI=1S/C10H20NO5/c1-2-3-4-5-10(15)16-9-11(6-12,7-13)8-14/h2,12-14H,1,3-9H2/q+1. The number of aliphatic hydroxyl groups is 3. The second-order valence-electron chi connectivity index (χ2n) is 3.59. The first-order valence-corrected chi connectivity index (χ1v) is 5.08. The lowest BCUT2D eigenvalue weighted by Gasteiger charge is -2.30. The van der Waals surface area contributed by atoms with Crippen LogP contribution in [0.25, 0.3) is 0 Å². The minimum atomic E-state index is -0.493. The minimum Gasteiger partial charge on any atom is -0.415 e. The quantitative estimate of drug-likeness (QED) is 0.165. The van der Waals surface area contributed by atoms with Crippen molar-refractivity contribution in [2.45, 2.75) is 19.3 Å². The Morgan fingerprint density at radius 1 is 1.25 bits per heavy atom. The zero-order valence-electron chi connectivity index (χ0n) is 9.34. The summed E-state index contributed by atoms with van der Waals surface area (Å²) in [6, 6.07) is 0. The summed E-state index contributed by atoms with van der Waals surface area (Å²) in [7, 11) is 0. The number of hydrogen-bond acceptors (Lipinski definition) is 5. The highest BCUT2D eigenvalue weighted by Gasteiger charge is 2.26. The molecule has 0 fully saturated rings. The Hall–Kier alpha value is -0.950. The number of carbonyl (C=O) groups excluding carboxylic acids is 1. The van der Waals surface area contributed by atoms with E-state index in [4.69, 9.17) is 20.1 Å². The average Bonchev–Trinajstić information content (AvgIpc) is 2.32. The molecule has 0 saturated carbocycles. The zero-order valence-corrected chi connectivity index (χ0v) is 9.34. The third kappa shape index (κ3) is 5.22. The van der Waals surface area contributed by atoms with E-state index in [9.17, 15) is 4.79 Å². The summed E-state index contributed by atoms with van der Waals surface area (Å²) in [6.07, 6.45) is 3.35. The Kier molecular flexibility index (Phi) is 7.74. The number of quaternary nitrogens is 1. The smallest absolute Gasteiger partial charge is 0.310 e. The van der Waals surface area contributed by atoms with Gasteiger partial charge in [0.15, 0.2) is 20.2 Å². The van der Waals surface area contributed by atoms with E-state index in [1.54, 1.807) is 6.08 Å². The lowest BCUT2D eigenvalue weighted by molar-refractivity contribution is -0.990. The molecule has 0 aromatic carbocycles. The predicted octanol–water partition coefficient (Wildman–Crippen LogP) is -0.490. The molecule has 0 unspecified atom stereocenters. The molecule has 0 radical (unpaired) electrons. The van der Waals surface area contributed by atoms with Crippen molar-refractivity contribution in [1.29, 1.82) is 0 Å². The van der Waals surface area contributed by atoms with Crippen molar-refractivity contribution in [3.05, 3.63) is 12.7 Å². The van der Waals surface area contributed by atoms with E-state index in [-0.39, 0.29) is 13.2 Å². The Morgan fingerprint density at radius 2 is 1.81 bits per heavy atom. The molecular weight excluding hydrogens is 214 g/mol. The van der Waals surface area contributed by atoms with Crippen molar-refractivity contribution < 1.29 is 29.3 Å². The topological polar surface area (TPSA) is 87.0 Å². The van der Waals surface area contributed by atoms with Gasteiger partial charge in [-0.3, -0.25) is 4.79 Å². The van der Waals surface area contributed by atoms with Gasteiger partial charge >= 0.3 is 5.97 Å². The highest BCUT2D eigenvalue weighted by Crippen LogP contribution is 2.05. The maximum Gasteiger partial charge on any atom is 0.310 e. The monoisotopic (exact) mass is 234 g/mol. The third-order valence-electron chi connectivity index (χ3n) is 2.19. The number of ether oxygens (including phenoxy) is 1. The lowest BCUT2D eigenvalue weighted by Crippen LogP contribution is -2.52. The lowest BCUT2D eigenvalue weighted by atomic mass is 10.2. The fraction of sp³-hybridized carbons (Fsp3) is 0.700. The van der Waals surface area contributed by atoms with Crippen LogP contribution < -0.4 is 0 Å². The first kappa shape index (κ1) is 15.0. The highest BCUT2D eigenvalue weighted by molar-refractivity contribution is 5.69. The molecule has 16 heavy (non-hydrogen) atoms. The average molecular weight is 234 g/mol. The minimum absolute atomic E-state index is 0.240. The first-order chi connectivity index (χ1) is 7.64. The number of hydrogen-bond donors (Lipinski definition) is 3. The van der Waals surface area contributed by atoms with Gasteiger partial charge in [-0.15, -0.1) is 6.58 Å². The van der Waals surface area contributed by atoms with Gasteiger partial charge in [0, 0.05) is 6.42 Å². The summed E-state index contributed by atoms with van der Waals surface area (Å²) in [6.45, 7) is 1.81. The molecular formula is C10H20NO5+. The maximum atomic E-state index is 11.2. The number of aliphatic hydroxyl groups excluding tert-OH is 3. The van der Waals surface area contributed by atoms with Crippen LogP contribution >= 0.6 is 0 Å². The SMILES string of the molecule is C=CCCCC(=O)OC[N+](CO)(CO)CO. The van der Waals surface area contributed by atoms with Crippen LogP contribution in [0, 0.1) is 0 Å². The van der Waals surface area contributed by atoms with Crippen LogP contribution in [-0.4, -0.2) is 52.7 Å². The van der Waals surface area contributed by atoms with E-state index in [1.165, 1.54) is 0 Å². The van der Waals surface area contributed by atoms with Crippen LogP contribution in [0.1, 0.15) is 19.3 Å². The van der Waals surface area contributed by atoms with Gasteiger partial charge in [0.2, 0.25) is 6.73 Å². The Morgan fingerprint density at radius 3 is 2.25 bits per heavy atom. The maximum absolute atomic E-state index is 11.2. The molecule has 0 bridgehead atoms. The van der Waals surface area contributed by atoms with Gasteiger partial charge in [-0.1, -0.05) is 6.08 Å². The van der Waals surface area contributed by atoms with E-state index < -0.39 is 30.6 Å². The molecule has 0 aromatic heterocycles. The molecule has 0 saturated heterocycles. The number of rotatable bonds is 9. The van der Waals surface area contributed by atoms with Gasteiger partial charge in [0.1, 0.15) is 0 Å². The molecule has 0 heterocycles. The summed E-state index contributed by atoms with van der Waals surface area (Å²) < 4.78 is 4.37. The first-order valence-electron chi connectivity index (χ1n) is 5.08. The molecule has 0 rings (SSSR count). The van der Waals surface area contributed by atoms with Crippen LogP contribution in [-0.2, 0) is 9.53 Å². The molecule has 0 aliphatic carbocycles. The van der Waals surface area contributed by atoms with E-state index >= 15 is 0 Å². The van der Waals surface area contributed by atoms with Crippen LogP contribution in [0.15, 0.2) is 12.7 Å². The molecule has 0 aliphatic heterocycles. The number of esters is 1. The van der Waals surface area contributed by atoms with Crippen LogP contribution in [0.3, 0.4) is 0 Å². The molecule has 0 aliphatic rings. The molecule has 94 valence electrons. The molecule has 6 heteroatoms. The molecule has 0 spiro atoms. The van der Waals surface area contributed by atoms with Crippen molar-refractivity contribution in [3.8, 4) is 0 Å². The summed E-state index contributed by atoms with van der Waals surface area (Å²) in [5.41, 5.74) is 0. The summed E-state index contributed by atoms with van der Waals surface area (Å²) >= 11 is 0. The number of carbonyl (C=O) groups is 1. The second kappa shape index (κ2) is 8.23. The fourth-order valence-corrected chi connectivity index (χ4v) is 0.928. The molecule has 0 amide bonds. The van der Waals surface area contributed by atoms with E-state index in [0.717, 1.165) is 6.42 Å². The predicted molar refractivity (Wildman–Crippen MR) is 56.5 cm³/mol. The van der Waals surface area contributed by atoms with E-state index in [1.807, 2.05) is 0 Å². The van der Waals surface area contributed by atoms with Crippen LogP contribution in [0.4, 0.5) is 0 Å². The Labute approximate surface area is 95.0 Å². The number of allylic oxidation sites excluding steroid dienone is 1. The highest BCUT2D eigenvalue weighted by atomic mass is 16.6. The molecule has 3 N–H and O–H groups in total. The second-order valence-corrected chi connectivity index (χ2v) is 3.59. The largest absolute Gasteiger partial charge is 0.415 e. The van der Waals surface area contributed by atoms with Crippen molar-refractivity contribution in [2.24, 2.45) is 0 Å². The Balaban J connectivity index is 3.91. The van der Waals surface area contributed by atoms with Crippen molar-refractivity contribution in [2.75, 3.05) is 26.9 Å². The van der Waals surface area contributed by atoms with Gasteiger partial charge in [-0.2, -0.15) is 0 Å². The van der Waals surface area contributed by atoms with Gasteiger partial charge in [-0.05, 0) is 12.8 Å². The summed E-state index contributed by atoms with van der Waals surface area (Å²) in [5, 5.41) is 26.9. The fourth-order valence-electron chi connectivity index (χ4n) is 0.928. The summed E-state index contributed by atoms with van der Waals surface area (Å²) in [5.74, 6) is -0.417. The van der Waals surface area contributed by atoms with Gasteiger partial charge in [0.25, 0.3) is 0 Å². The Bertz CT molecular complexity index is 207. The van der Waals surface area contributed by atoms with Crippen molar-refractivity contribution in [1.82, 2.24) is 0 Å². The van der Waals surface area contributed by atoms with E-state index in [0.29, 0.717) is 6.42 Å². The van der Waals surface area contributed by atoms with Gasteiger partial charge in [-0.25, -0.2) is 4.48 Å². The van der Waals surface area contributed by atoms with E-state index in [2.05, 4.69) is 6.58 Å². The van der Waals surface area contributed by atoms with Gasteiger partial charge in [0.05, 0.1) is 0 Å². The third-order valence-corrected chi connectivity index (χ3v) is 2.19. The van der Waals surface area contributed by atoms with Crippen LogP contribution in [0.2, 0.25) is 0 Å². The van der Waals surface area contributed by atoms with Gasteiger partial charge < -0.3 is 20.1 Å².